The number of fused-ring (bicyclic) bond motifs is 1. The Hall–Kier alpha value is -4.06. The Morgan fingerprint density at radius 2 is 1.55 bits per heavy atom. The third-order valence-electron chi connectivity index (χ3n) is 4.79. The number of ether oxygens (including phenoxy) is 1. The number of carbonyl (C=O) groups is 2. The second-order valence-electron chi connectivity index (χ2n) is 7.01. The molecule has 156 valence electrons. The number of carbonyl (C=O) groups excluding carboxylic acids is 2. The Balaban J connectivity index is 1.47. The van der Waals surface area contributed by atoms with Crippen molar-refractivity contribution in [2.45, 2.75) is 13.1 Å². The Labute approximate surface area is 179 Å². The summed E-state index contributed by atoms with van der Waals surface area (Å²) < 4.78 is 10.9. The Kier molecular flexibility index (Phi) is 6.28. The molecule has 0 aliphatic heterocycles. The summed E-state index contributed by atoms with van der Waals surface area (Å²) in [5, 5.41) is 7.49. The lowest BCUT2D eigenvalue weighted by atomic mass is 10.1. The molecule has 1 heterocycles. The van der Waals surface area contributed by atoms with E-state index in [-0.39, 0.29) is 25.0 Å². The molecule has 4 aromatic rings. The molecule has 2 N–H and O–H groups in total. The van der Waals surface area contributed by atoms with Crippen LogP contribution in [0.5, 0.6) is 5.75 Å². The van der Waals surface area contributed by atoms with Crippen molar-refractivity contribution in [2.75, 3.05) is 6.61 Å². The van der Waals surface area contributed by atoms with Crippen LogP contribution in [0.1, 0.15) is 21.7 Å². The molecule has 0 radical (unpaired) electrons. The van der Waals surface area contributed by atoms with Gasteiger partial charge in [-0.2, -0.15) is 0 Å². The standard InChI is InChI=1S/C25H22N2O4/c28-24(26-16-21-11-6-12-30-21)17-31-23-14-20-10-5-4-9-19(20)13-22(23)25(29)27-15-18-7-2-1-3-8-18/h1-14H,15-17H2,(H,26,28)(H,27,29). The number of hydrogen-bond donors (Lipinski definition) is 2. The minimum atomic E-state index is -0.305. The number of furan rings is 1. The molecule has 1 aromatic heterocycles. The second-order valence-corrected chi connectivity index (χ2v) is 7.01. The van der Waals surface area contributed by atoms with Crippen molar-refractivity contribution in [3.63, 3.8) is 0 Å². The molecule has 6 nitrogen and oxygen atoms in total. The molecule has 3 aromatic carbocycles. The van der Waals surface area contributed by atoms with E-state index in [1.165, 1.54) is 0 Å². The van der Waals surface area contributed by atoms with Gasteiger partial charge in [-0.3, -0.25) is 9.59 Å². The SMILES string of the molecule is O=C(COc1cc2ccccc2cc1C(=O)NCc1ccccc1)NCc1ccco1. The van der Waals surface area contributed by atoms with Crippen molar-refractivity contribution in [3.8, 4) is 5.75 Å². The largest absolute Gasteiger partial charge is 0.483 e. The molecule has 6 heteroatoms. The van der Waals surface area contributed by atoms with Crippen molar-refractivity contribution >= 4 is 22.6 Å². The van der Waals surface area contributed by atoms with Gasteiger partial charge >= 0.3 is 0 Å². The molecule has 0 spiro atoms. The highest BCUT2D eigenvalue weighted by Gasteiger charge is 2.15. The first-order valence-corrected chi connectivity index (χ1v) is 9.96. The molecule has 2 amide bonds. The van der Waals surface area contributed by atoms with E-state index in [9.17, 15) is 9.59 Å². The van der Waals surface area contributed by atoms with E-state index in [0.29, 0.717) is 23.6 Å². The van der Waals surface area contributed by atoms with Crippen LogP contribution < -0.4 is 15.4 Å². The minimum absolute atomic E-state index is 0.210. The summed E-state index contributed by atoms with van der Waals surface area (Å²) in [6, 6.07) is 24.5. The summed E-state index contributed by atoms with van der Waals surface area (Å²) in [5.41, 5.74) is 1.38. The van der Waals surface area contributed by atoms with Gasteiger partial charge in [0.2, 0.25) is 0 Å². The van der Waals surface area contributed by atoms with E-state index in [0.717, 1.165) is 16.3 Å². The smallest absolute Gasteiger partial charge is 0.258 e. The average Bonchev–Trinajstić information content (AvgIpc) is 3.33. The highest BCUT2D eigenvalue weighted by Crippen LogP contribution is 2.26. The van der Waals surface area contributed by atoms with Gasteiger partial charge < -0.3 is 19.8 Å². The number of amides is 2. The highest BCUT2D eigenvalue weighted by molar-refractivity contribution is 6.01. The monoisotopic (exact) mass is 414 g/mol. The van der Waals surface area contributed by atoms with Crippen LogP contribution in [0.25, 0.3) is 10.8 Å². The summed E-state index contributed by atoms with van der Waals surface area (Å²) in [7, 11) is 0. The maximum absolute atomic E-state index is 12.9. The fourth-order valence-corrected chi connectivity index (χ4v) is 3.18. The van der Waals surface area contributed by atoms with Gasteiger partial charge in [-0.15, -0.1) is 0 Å². The van der Waals surface area contributed by atoms with Crippen LogP contribution in [0, 0.1) is 0 Å². The summed E-state index contributed by atoms with van der Waals surface area (Å²) in [5.74, 6) is 0.443. The van der Waals surface area contributed by atoms with Gasteiger partial charge in [-0.25, -0.2) is 0 Å². The van der Waals surface area contributed by atoms with Gasteiger partial charge in [0.05, 0.1) is 18.4 Å². The van der Waals surface area contributed by atoms with Crippen LogP contribution in [0.4, 0.5) is 0 Å². The van der Waals surface area contributed by atoms with E-state index < -0.39 is 0 Å². The highest BCUT2D eigenvalue weighted by atomic mass is 16.5. The summed E-state index contributed by atoms with van der Waals surface area (Å²) in [6.45, 7) is 0.463. The molecular weight excluding hydrogens is 392 g/mol. The number of nitrogens with one attached hydrogen (secondary N) is 2. The first kappa shape index (κ1) is 20.2. The van der Waals surface area contributed by atoms with Gasteiger partial charge in [0.1, 0.15) is 11.5 Å². The summed E-state index contributed by atoms with van der Waals surface area (Å²) in [4.78, 5) is 25.1. The predicted molar refractivity (Wildman–Crippen MR) is 118 cm³/mol. The van der Waals surface area contributed by atoms with Crippen molar-refractivity contribution in [2.24, 2.45) is 0 Å². The first-order valence-electron chi connectivity index (χ1n) is 9.96. The Morgan fingerprint density at radius 3 is 2.29 bits per heavy atom. The molecular formula is C25H22N2O4. The minimum Gasteiger partial charge on any atom is -0.483 e. The molecule has 0 saturated heterocycles. The number of benzene rings is 3. The number of rotatable bonds is 8. The lowest BCUT2D eigenvalue weighted by Gasteiger charge is -2.13. The van der Waals surface area contributed by atoms with Crippen molar-refractivity contribution in [1.82, 2.24) is 10.6 Å². The van der Waals surface area contributed by atoms with E-state index in [1.54, 1.807) is 30.5 Å². The van der Waals surface area contributed by atoms with Crippen LogP contribution in [0.2, 0.25) is 0 Å². The van der Waals surface area contributed by atoms with Crippen LogP contribution in [-0.4, -0.2) is 18.4 Å². The molecule has 0 aliphatic carbocycles. The van der Waals surface area contributed by atoms with E-state index in [4.69, 9.17) is 9.15 Å². The first-order chi connectivity index (χ1) is 15.2. The zero-order chi connectivity index (χ0) is 21.5. The van der Waals surface area contributed by atoms with E-state index in [2.05, 4.69) is 10.6 Å². The fraction of sp³-hybridized carbons (Fsp3) is 0.120. The lowest BCUT2D eigenvalue weighted by Crippen LogP contribution is -2.29. The molecule has 0 saturated carbocycles. The average molecular weight is 414 g/mol. The third-order valence-corrected chi connectivity index (χ3v) is 4.79. The van der Waals surface area contributed by atoms with Crippen LogP contribution >= 0.6 is 0 Å². The van der Waals surface area contributed by atoms with Crippen LogP contribution in [0.3, 0.4) is 0 Å². The van der Waals surface area contributed by atoms with E-state index >= 15 is 0 Å². The van der Waals surface area contributed by atoms with E-state index in [1.807, 2.05) is 54.6 Å². The van der Waals surface area contributed by atoms with Gasteiger partial charge in [-0.05, 0) is 40.6 Å². The predicted octanol–water partition coefficient (Wildman–Crippen LogP) is 4.06. The number of hydrogen-bond acceptors (Lipinski definition) is 4. The second kappa shape index (κ2) is 9.63. The maximum atomic E-state index is 12.9. The molecule has 0 bridgehead atoms. The van der Waals surface area contributed by atoms with Crippen molar-refractivity contribution in [1.29, 1.82) is 0 Å². The summed E-state index contributed by atoms with van der Waals surface area (Å²) in [6.07, 6.45) is 1.55. The van der Waals surface area contributed by atoms with Gasteiger partial charge in [0.15, 0.2) is 6.61 Å². The van der Waals surface area contributed by atoms with Crippen LogP contribution in [0.15, 0.2) is 89.5 Å². The summed E-state index contributed by atoms with van der Waals surface area (Å²) >= 11 is 0. The third kappa shape index (κ3) is 5.30. The molecule has 31 heavy (non-hydrogen) atoms. The molecule has 0 atom stereocenters. The zero-order valence-electron chi connectivity index (χ0n) is 16.8. The maximum Gasteiger partial charge on any atom is 0.258 e. The lowest BCUT2D eigenvalue weighted by molar-refractivity contribution is -0.123. The quantitative estimate of drug-likeness (QED) is 0.456. The Bertz CT molecular complexity index is 1170. The van der Waals surface area contributed by atoms with Gasteiger partial charge in [0, 0.05) is 6.54 Å². The topological polar surface area (TPSA) is 80.6 Å². The fourth-order valence-electron chi connectivity index (χ4n) is 3.18. The van der Waals surface area contributed by atoms with Gasteiger partial charge in [-0.1, -0.05) is 54.6 Å². The van der Waals surface area contributed by atoms with Crippen molar-refractivity contribution < 1.29 is 18.7 Å². The van der Waals surface area contributed by atoms with Crippen LogP contribution in [-0.2, 0) is 17.9 Å². The van der Waals surface area contributed by atoms with Crippen molar-refractivity contribution in [3.05, 3.63) is 102 Å². The van der Waals surface area contributed by atoms with Gasteiger partial charge in [0.25, 0.3) is 11.8 Å². The molecule has 0 aliphatic rings. The zero-order valence-corrected chi connectivity index (χ0v) is 16.8. The molecule has 0 fully saturated rings. The Morgan fingerprint density at radius 1 is 0.806 bits per heavy atom. The molecule has 4 rings (SSSR count). The molecule has 0 unspecified atom stereocenters. The normalized spacial score (nSPS) is 10.6.